The van der Waals surface area contributed by atoms with Gasteiger partial charge in [0.25, 0.3) is 5.69 Å². The van der Waals surface area contributed by atoms with Gasteiger partial charge in [0.2, 0.25) is 5.91 Å². The monoisotopic (exact) mass is 378 g/mol. The van der Waals surface area contributed by atoms with Crippen molar-refractivity contribution < 1.29 is 24.0 Å². The summed E-state index contributed by atoms with van der Waals surface area (Å²) in [6.45, 7) is 0. The SMILES string of the molecule is COc1cc(/C=N\NC(=O)CSc2ccccc2F)cc([N+](=O)[O-])c1[O-]. The molecule has 0 unspecified atom stereocenters. The second kappa shape index (κ2) is 8.81. The number of carbonyl (C=O) groups is 1. The number of nitrogens with zero attached hydrogens (tertiary/aromatic N) is 2. The number of hydrazone groups is 1. The number of methoxy groups -OCH3 is 1. The summed E-state index contributed by atoms with van der Waals surface area (Å²) in [4.78, 5) is 22.1. The first-order chi connectivity index (χ1) is 12.4. The molecule has 10 heteroatoms. The van der Waals surface area contributed by atoms with Crippen LogP contribution in [0.1, 0.15) is 5.56 Å². The van der Waals surface area contributed by atoms with Crippen LogP contribution in [0.5, 0.6) is 11.5 Å². The van der Waals surface area contributed by atoms with Crippen LogP contribution in [0, 0.1) is 15.9 Å². The molecule has 0 aliphatic rings. The number of nitro groups is 1. The van der Waals surface area contributed by atoms with Gasteiger partial charge in [-0.2, -0.15) is 5.10 Å². The number of nitro benzene ring substituents is 1. The Balaban J connectivity index is 1.99. The van der Waals surface area contributed by atoms with E-state index in [2.05, 4.69) is 10.5 Å². The maximum absolute atomic E-state index is 13.4. The molecule has 0 aliphatic heterocycles. The van der Waals surface area contributed by atoms with Crippen LogP contribution >= 0.6 is 11.8 Å². The van der Waals surface area contributed by atoms with E-state index in [-0.39, 0.29) is 17.1 Å². The molecule has 0 bridgehead atoms. The zero-order valence-electron chi connectivity index (χ0n) is 13.5. The fraction of sp³-hybridized carbons (Fsp3) is 0.125. The van der Waals surface area contributed by atoms with Gasteiger partial charge in [-0.3, -0.25) is 14.9 Å². The normalized spacial score (nSPS) is 10.7. The third-order valence-corrected chi connectivity index (χ3v) is 4.12. The molecule has 2 rings (SSSR count). The van der Waals surface area contributed by atoms with Crippen molar-refractivity contribution in [1.82, 2.24) is 5.43 Å². The minimum absolute atomic E-state index is 0.0682. The average molecular weight is 378 g/mol. The van der Waals surface area contributed by atoms with Gasteiger partial charge in [-0.05, 0) is 18.2 Å². The molecule has 1 N–H and O–H groups in total. The molecule has 0 aliphatic carbocycles. The molecule has 2 aromatic carbocycles. The summed E-state index contributed by atoms with van der Waals surface area (Å²) in [5, 5.41) is 26.3. The summed E-state index contributed by atoms with van der Waals surface area (Å²) in [7, 11) is 1.21. The van der Waals surface area contributed by atoms with E-state index >= 15 is 0 Å². The summed E-state index contributed by atoms with van der Waals surface area (Å²) in [5.41, 5.74) is 1.76. The van der Waals surface area contributed by atoms with Gasteiger partial charge in [0, 0.05) is 22.3 Å². The molecule has 0 saturated carbocycles. The molecule has 136 valence electrons. The predicted molar refractivity (Wildman–Crippen MR) is 92.0 cm³/mol. The maximum atomic E-state index is 13.4. The van der Waals surface area contributed by atoms with E-state index in [0.717, 1.165) is 24.0 Å². The molecule has 2 aromatic rings. The summed E-state index contributed by atoms with van der Waals surface area (Å²) >= 11 is 1.00. The molecule has 0 radical (unpaired) electrons. The smallest absolute Gasteiger partial charge is 0.266 e. The van der Waals surface area contributed by atoms with E-state index in [4.69, 9.17) is 4.74 Å². The summed E-state index contributed by atoms with van der Waals surface area (Å²) in [6, 6.07) is 8.32. The van der Waals surface area contributed by atoms with Crippen LogP contribution in [0.3, 0.4) is 0 Å². The third kappa shape index (κ3) is 4.93. The van der Waals surface area contributed by atoms with Crippen molar-refractivity contribution in [2.24, 2.45) is 5.10 Å². The highest BCUT2D eigenvalue weighted by atomic mass is 32.2. The predicted octanol–water partition coefficient (Wildman–Crippen LogP) is 2.06. The van der Waals surface area contributed by atoms with Crippen LogP contribution < -0.4 is 15.3 Å². The van der Waals surface area contributed by atoms with E-state index in [1.807, 2.05) is 0 Å². The summed E-state index contributed by atoms with van der Waals surface area (Å²) < 4.78 is 18.2. The summed E-state index contributed by atoms with van der Waals surface area (Å²) in [5.74, 6) is -2.04. The van der Waals surface area contributed by atoms with Gasteiger partial charge in [-0.25, -0.2) is 9.82 Å². The van der Waals surface area contributed by atoms with E-state index < -0.39 is 28.1 Å². The quantitative estimate of drug-likeness (QED) is 0.341. The fourth-order valence-corrected chi connectivity index (χ4v) is 2.62. The highest BCUT2D eigenvalue weighted by Gasteiger charge is 2.13. The Labute approximate surface area is 151 Å². The number of benzene rings is 2. The zero-order valence-corrected chi connectivity index (χ0v) is 14.3. The van der Waals surface area contributed by atoms with Crippen molar-refractivity contribution in [2.45, 2.75) is 4.90 Å². The molecule has 26 heavy (non-hydrogen) atoms. The molecular weight excluding hydrogens is 365 g/mol. The molecule has 0 heterocycles. The lowest BCUT2D eigenvalue weighted by Gasteiger charge is -2.12. The first kappa shape index (κ1) is 19.2. The Bertz CT molecular complexity index is 860. The van der Waals surface area contributed by atoms with Crippen LogP contribution in [0.4, 0.5) is 10.1 Å². The molecule has 8 nitrogen and oxygen atoms in total. The molecular formula is C16H13FN3O5S-. The lowest BCUT2D eigenvalue weighted by atomic mass is 10.2. The van der Waals surface area contributed by atoms with Crippen LogP contribution in [0.2, 0.25) is 0 Å². The number of halogens is 1. The third-order valence-electron chi connectivity index (χ3n) is 3.07. The number of hydrogen-bond donors (Lipinski definition) is 1. The van der Waals surface area contributed by atoms with Crippen LogP contribution in [-0.2, 0) is 4.79 Å². The van der Waals surface area contributed by atoms with Gasteiger partial charge in [-0.15, -0.1) is 11.8 Å². The highest BCUT2D eigenvalue weighted by Crippen LogP contribution is 2.33. The number of rotatable bonds is 7. The molecule has 0 fully saturated rings. The van der Waals surface area contributed by atoms with E-state index in [0.29, 0.717) is 4.90 Å². The number of carbonyl (C=O) groups excluding carboxylic acids is 1. The van der Waals surface area contributed by atoms with Crippen LogP contribution in [0.15, 0.2) is 46.4 Å². The van der Waals surface area contributed by atoms with Crippen molar-refractivity contribution in [3.05, 3.63) is 57.9 Å². The number of nitrogens with one attached hydrogen (secondary N) is 1. The second-order valence-corrected chi connectivity index (χ2v) is 5.86. The van der Waals surface area contributed by atoms with Gasteiger partial charge in [0.1, 0.15) is 11.6 Å². The number of hydrogen-bond acceptors (Lipinski definition) is 7. The lowest BCUT2D eigenvalue weighted by Crippen LogP contribution is -2.19. The lowest BCUT2D eigenvalue weighted by molar-refractivity contribution is -0.398. The van der Waals surface area contributed by atoms with E-state index in [1.165, 1.54) is 19.2 Å². The van der Waals surface area contributed by atoms with Crippen molar-refractivity contribution in [1.29, 1.82) is 0 Å². The second-order valence-electron chi connectivity index (χ2n) is 4.84. The molecule has 1 amide bonds. The van der Waals surface area contributed by atoms with Crippen LogP contribution in [0.25, 0.3) is 0 Å². The molecule has 0 atom stereocenters. The molecule has 0 saturated heterocycles. The molecule has 0 aromatic heterocycles. The largest absolute Gasteiger partial charge is 0.865 e. The van der Waals surface area contributed by atoms with Crippen molar-refractivity contribution in [2.75, 3.05) is 12.9 Å². The van der Waals surface area contributed by atoms with Crippen LogP contribution in [-0.4, -0.2) is 29.9 Å². The number of thioether (sulfide) groups is 1. The first-order valence-electron chi connectivity index (χ1n) is 7.15. The zero-order chi connectivity index (χ0) is 19.1. The van der Waals surface area contributed by atoms with Gasteiger partial charge in [-0.1, -0.05) is 12.1 Å². The highest BCUT2D eigenvalue weighted by molar-refractivity contribution is 8.00. The van der Waals surface area contributed by atoms with Crippen molar-refractivity contribution >= 4 is 29.6 Å². The Morgan fingerprint density at radius 3 is 2.81 bits per heavy atom. The number of ether oxygens (including phenoxy) is 1. The van der Waals surface area contributed by atoms with Gasteiger partial charge in [0.15, 0.2) is 0 Å². The maximum Gasteiger partial charge on any atom is 0.266 e. The van der Waals surface area contributed by atoms with Gasteiger partial charge >= 0.3 is 0 Å². The van der Waals surface area contributed by atoms with Gasteiger partial charge < -0.3 is 9.84 Å². The van der Waals surface area contributed by atoms with Crippen molar-refractivity contribution in [3.63, 3.8) is 0 Å². The fourth-order valence-electron chi connectivity index (χ4n) is 1.89. The topological polar surface area (TPSA) is 117 Å². The Morgan fingerprint density at radius 1 is 1.42 bits per heavy atom. The average Bonchev–Trinajstić information content (AvgIpc) is 2.62. The van der Waals surface area contributed by atoms with E-state index in [1.54, 1.807) is 18.2 Å². The standard InChI is InChI=1S/C16H14FN3O5S/c1-25-13-7-10(6-12(16(13)22)20(23)24)8-18-19-15(21)9-26-14-5-3-2-4-11(14)17/h2-8,22H,9H2,1H3,(H,19,21)/p-1/b18-8-. The molecule has 0 spiro atoms. The summed E-state index contributed by atoms with van der Waals surface area (Å²) in [6.07, 6.45) is 1.14. The van der Waals surface area contributed by atoms with E-state index in [9.17, 15) is 24.4 Å². The van der Waals surface area contributed by atoms with Gasteiger partial charge in [0.05, 0.1) is 24.0 Å². The Hall–Kier alpha value is -3.14. The minimum Gasteiger partial charge on any atom is -0.865 e. The Kier molecular flexibility index (Phi) is 6.50. The number of amides is 1. The van der Waals surface area contributed by atoms with Crippen molar-refractivity contribution in [3.8, 4) is 11.5 Å². The minimum atomic E-state index is -0.847. The Morgan fingerprint density at radius 2 is 2.15 bits per heavy atom. The first-order valence-corrected chi connectivity index (χ1v) is 8.13.